The third-order valence-corrected chi connectivity index (χ3v) is 3.18. The van der Waals surface area contributed by atoms with Crippen LogP contribution >= 0.6 is 11.3 Å². The van der Waals surface area contributed by atoms with Crippen molar-refractivity contribution in [2.24, 2.45) is 0 Å². The number of methoxy groups -OCH3 is 1. The molecule has 0 aliphatic heterocycles. The van der Waals surface area contributed by atoms with E-state index in [1.165, 1.54) is 17.7 Å². The van der Waals surface area contributed by atoms with Crippen molar-refractivity contribution in [3.63, 3.8) is 0 Å². The Morgan fingerprint density at radius 3 is 2.82 bits per heavy atom. The fraction of sp³-hybridized carbons (Fsp3) is 0.500. The maximum atomic E-state index is 5.70. The van der Waals surface area contributed by atoms with Gasteiger partial charge in [0.2, 0.25) is 0 Å². The third kappa shape index (κ3) is 1.29. The molecule has 2 radical (unpaired) electrons. The summed E-state index contributed by atoms with van der Waals surface area (Å²) in [7, 11) is 7.37. The second-order valence-corrected chi connectivity index (χ2v) is 3.92. The first-order valence-corrected chi connectivity index (χ1v) is 4.56. The zero-order valence-electron chi connectivity index (χ0n) is 6.46. The monoisotopic (exact) mass is 164 g/mol. The lowest BCUT2D eigenvalue weighted by molar-refractivity contribution is 0.430. The fourth-order valence-corrected chi connectivity index (χ4v) is 2.20. The Morgan fingerprint density at radius 2 is 2.36 bits per heavy atom. The molecule has 0 N–H and O–H groups in total. The molecule has 1 aliphatic carbocycles. The Labute approximate surface area is 71.8 Å². The zero-order valence-corrected chi connectivity index (χ0v) is 7.28. The van der Waals surface area contributed by atoms with Crippen LogP contribution in [0, 0.1) is 0 Å². The largest absolute Gasteiger partial charge is 0.488 e. The Hall–Kier alpha value is -0.435. The van der Waals surface area contributed by atoms with Gasteiger partial charge in [0, 0.05) is 4.88 Å². The molecule has 2 rings (SSSR count). The molecule has 11 heavy (non-hydrogen) atoms. The number of hydrogen-bond acceptors (Lipinski definition) is 2. The third-order valence-electron chi connectivity index (χ3n) is 1.91. The van der Waals surface area contributed by atoms with Gasteiger partial charge in [-0.25, -0.2) is 0 Å². The molecule has 1 fully saturated rings. The van der Waals surface area contributed by atoms with E-state index < -0.39 is 0 Å². The highest BCUT2D eigenvalue weighted by molar-refractivity contribution is 7.15. The van der Waals surface area contributed by atoms with Crippen LogP contribution in [-0.2, 0) is 0 Å². The van der Waals surface area contributed by atoms with Gasteiger partial charge in [-0.1, -0.05) is 6.07 Å². The van der Waals surface area contributed by atoms with Gasteiger partial charge in [-0.3, -0.25) is 0 Å². The number of hydrogen-bond donors (Lipinski definition) is 0. The van der Waals surface area contributed by atoms with E-state index in [0.717, 1.165) is 16.4 Å². The summed E-state index contributed by atoms with van der Waals surface area (Å²) in [6.45, 7) is 0. The first-order valence-electron chi connectivity index (χ1n) is 3.74. The predicted molar refractivity (Wildman–Crippen MR) is 48.2 cm³/mol. The van der Waals surface area contributed by atoms with E-state index in [1.54, 1.807) is 18.4 Å². The smallest absolute Gasteiger partial charge is 0.166 e. The van der Waals surface area contributed by atoms with Crippen LogP contribution in [0.1, 0.15) is 23.6 Å². The second-order valence-electron chi connectivity index (χ2n) is 2.87. The van der Waals surface area contributed by atoms with Gasteiger partial charge in [-0.2, -0.15) is 0 Å². The molecule has 1 aliphatic rings. The topological polar surface area (TPSA) is 9.23 Å². The zero-order chi connectivity index (χ0) is 7.84. The number of ether oxygens (including phenoxy) is 1. The molecular formula is C8H9BOS. The first-order chi connectivity index (χ1) is 5.31. The van der Waals surface area contributed by atoms with Crippen LogP contribution in [0.3, 0.4) is 0 Å². The van der Waals surface area contributed by atoms with Crippen molar-refractivity contribution in [3.05, 3.63) is 10.9 Å². The molecule has 1 aromatic heterocycles. The van der Waals surface area contributed by atoms with E-state index in [9.17, 15) is 0 Å². The van der Waals surface area contributed by atoms with E-state index in [2.05, 4.69) is 0 Å². The summed E-state index contributed by atoms with van der Waals surface area (Å²) in [5.41, 5.74) is 0.791. The summed E-state index contributed by atoms with van der Waals surface area (Å²) in [5.74, 6) is 0.784. The maximum Gasteiger partial charge on any atom is 0.166 e. The molecular weight excluding hydrogens is 155 g/mol. The highest BCUT2D eigenvalue weighted by Gasteiger charge is 2.25. The Bertz CT molecular complexity index is 265. The predicted octanol–water partition coefficient (Wildman–Crippen LogP) is 1.43. The van der Waals surface area contributed by atoms with Gasteiger partial charge in [-0.15, -0.1) is 11.3 Å². The van der Waals surface area contributed by atoms with Crippen LogP contribution in [-0.4, -0.2) is 15.0 Å². The summed E-state index contributed by atoms with van der Waals surface area (Å²) < 4.78 is 5.10. The van der Waals surface area contributed by atoms with Crippen LogP contribution in [0.25, 0.3) is 0 Å². The standard InChI is InChI=1S/C8H9BOS/c1-10-8-6(9)4-7(11-8)5-2-3-5/h4-5H,2-3H2,1H3. The van der Waals surface area contributed by atoms with E-state index in [1.807, 2.05) is 6.07 Å². The minimum absolute atomic E-state index is 0.784. The van der Waals surface area contributed by atoms with Crippen LogP contribution in [0.5, 0.6) is 5.06 Å². The van der Waals surface area contributed by atoms with Crippen LogP contribution in [0.4, 0.5) is 0 Å². The van der Waals surface area contributed by atoms with Gasteiger partial charge in [0.25, 0.3) is 0 Å². The molecule has 3 heteroatoms. The van der Waals surface area contributed by atoms with Gasteiger partial charge in [0.1, 0.15) is 7.85 Å². The molecule has 0 bridgehead atoms. The molecule has 1 aromatic rings. The van der Waals surface area contributed by atoms with Gasteiger partial charge < -0.3 is 4.74 Å². The van der Waals surface area contributed by atoms with Gasteiger partial charge >= 0.3 is 0 Å². The van der Waals surface area contributed by atoms with Crippen molar-refractivity contribution in [3.8, 4) is 5.06 Å². The summed E-state index contributed by atoms with van der Waals surface area (Å²) in [6.07, 6.45) is 2.65. The van der Waals surface area contributed by atoms with Crippen LogP contribution in [0.15, 0.2) is 6.07 Å². The maximum absolute atomic E-state index is 5.70. The van der Waals surface area contributed by atoms with Crippen molar-refractivity contribution in [2.45, 2.75) is 18.8 Å². The van der Waals surface area contributed by atoms with E-state index >= 15 is 0 Å². The normalized spacial score (nSPS) is 16.8. The summed E-state index contributed by atoms with van der Waals surface area (Å²) in [6, 6.07) is 2.04. The van der Waals surface area contributed by atoms with Crippen molar-refractivity contribution in [1.29, 1.82) is 0 Å². The number of rotatable bonds is 2. The average Bonchev–Trinajstić information content (AvgIpc) is 2.76. The Balaban J connectivity index is 2.28. The van der Waals surface area contributed by atoms with Crippen molar-refractivity contribution < 1.29 is 4.74 Å². The highest BCUT2D eigenvalue weighted by Crippen LogP contribution is 2.43. The highest BCUT2D eigenvalue weighted by atomic mass is 32.1. The van der Waals surface area contributed by atoms with Crippen molar-refractivity contribution in [2.75, 3.05) is 7.11 Å². The molecule has 0 spiro atoms. The molecule has 0 saturated heterocycles. The number of thiophene rings is 1. The van der Waals surface area contributed by atoms with E-state index in [0.29, 0.717) is 0 Å². The summed E-state index contributed by atoms with van der Waals surface area (Å²) in [4.78, 5) is 1.39. The van der Waals surface area contributed by atoms with Crippen LogP contribution < -0.4 is 10.2 Å². The molecule has 0 atom stereocenters. The lowest BCUT2D eigenvalue weighted by Crippen LogP contribution is -2.00. The van der Waals surface area contributed by atoms with Gasteiger partial charge in [0.15, 0.2) is 5.06 Å². The SMILES string of the molecule is [B]c1cc(C2CC2)sc1OC. The molecule has 0 amide bonds. The molecule has 1 saturated carbocycles. The molecule has 1 nitrogen and oxygen atoms in total. The quantitative estimate of drug-likeness (QED) is 0.600. The summed E-state index contributed by atoms with van der Waals surface area (Å²) >= 11 is 1.68. The molecule has 0 aromatic carbocycles. The molecule has 1 heterocycles. The first kappa shape index (κ1) is 7.23. The van der Waals surface area contributed by atoms with Crippen molar-refractivity contribution >= 4 is 24.6 Å². The van der Waals surface area contributed by atoms with E-state index in [-0.39, 0.29) is 0 Å². The lowest BCUT2D eigenvalue weighted by Gasteiger charge is -1.93. The van der Waals surface area contributed by atoms with Crippen LogP contribution in [0.2, 0.25) is 0 Å². The average molecular weight is 164 g/mol. The molecule has 56 valence electrons. The van der Waals surface area contributed by atoms with E-state index in [4.69, 9.17) is 12.6 Å². The summed E-state index contributed by atoms with van der Waals surface area (Å²) in [5, 5.41) is 0.868. The Kier molecular flexibility index (Phi) is 1.68. The minimum Gasteiger partial charge on any atom is -0.488 e. The van der Waals surface area contributed by atoms with Gasteiger partial charge in [0.05, 0.1) is 7.11 Å². The fourth-order valence-electron chi connectivity index (χ4n) is 1.14. The minimum atomic E-state index is 0.784. The lowest BCUT2D eigenvalue weighted by atomic mass is 9.99. The molecule has 0 unspecified atom stereocenters. The van der Waals surface area contributed by atoms with Crippen molar-refractivity contribution in [1.82, 2.24) is 0 Å². The second kappa shape index (κ2) is 2.56. The van der Waals surface area contributed by atoms with Gasteiger partial charge in [-0.05, 0) is 24.2 Å². The Morgan fingerprint density at radius 1 is 1.64 bits per heavy atom.